The van der Waals surface area contributed by atoms with Crippen molar-refractivity contribution in [1.82, 2.24) is 4.57 Å². The number of thiophene rings is 1. The number of ether oxygens (including phenoxy) is 2. The molecule has 228 valence electrons. The molecule has 1 atom stereocenters. The van der Waals surface area contributed by atoms with E-state index in [2.05, 4.69) is 18.3 Å². The standard InChI is InChI=1S/C36H33N3O4S2/c1-21-11-8-13-28(23(21)3)43-20-26-18-25(15-16-29(26)42-5)19-31-35(41)39-33(30-14-9-17-44-30)32(24(4)37-36(39)45-31)34(40)38-27-12-7-6-10-22(27)2/h6-19,33H,20H2,1-5H3,(H,38,40)/b31-19+. The number of thiazole rings is 1. The summed E-state index contributed by atoms with van der Waals surface area (Å²) in [4.78, 5) is 34.1. The third-order valence-electron chi connectivity index (χ3n) is 8.01. The monoisotopic (exact) mass is 635 g/mol. The first-order valence-corrected chi connectivity index (χ1v) is 16.2. The summed E-state index contributed by atoms with van der Waals surface area (Å²) in [5.41, 5.74) is 6.47. The molecule has 2 aromatic heterocycles. The lowest BCUT2D eigenvalue weighted by molar-refractivity contribution is -0.113. The molecular formula is C36H33N3O4S2. The zero-order valence-electron chi connectivity index (χ0n) is 25.7. The second kappa shape index (κ2) is 12.7. The number of fused-ring (bicyclic) bond motifs is 1. The molecule has 1 unspecified atom stereocenters. The van der Waals surface area contributed by atoms with Crippen molar-refractivity contribution in [3.63, 3.8) is 0 Å². The van der Waals surface area contributed by atoms with Crippen molar-refractivity contribution in [3.05, 3.63) is 142 Å². The van der Waals surface area contributed by atoms with Crippen LogP contribution in [0.2, 0.25) is 0 Å². The minimum atomic E-state index is -0.593. The van der Waals surface area contributed by atoms with E-state index in [1.165, 1.54) is 22.7 Å². The number of aryl methyl sites for hydroxylation is 2. The van der Waals surface area contributed by atoms with Gasteiger partial charge < -0.3 is 14.8 Å². The van der Waals surface area contributed by atoms with Crippen molar-refractivity contribution >= 4 is 40.3 Å². The highest BCUT2D eigenvalue weighted by Crippen LogP contribution is 2.33. The molecule has 5 aromatic rings. The first-order valence-electron chi connectivity index (χ1n) is 14.5. The summed E-state index contributed by atoms with van der Waals surface area (Å²) in [6.45, 7) is 8.19. The smallest absolute Gasteiger partial charge is 0.271 e. The van der Waals surface area contributed by atoms with Gasteiger partial charge in [0, 0.05) is 16.1 Å². The zero-order valence-corrected chi connectivity index (χ0v) is 27.3. The number of hydrogen-bond donors (Lipinski definition) is 1. The molecule has 0 saturated heterocycles. The molecule has 7 nitrogen and oxygen atoms in total. The molecule has 0 aliphatic carbocycles. The summed E-state index contributed by atoms with van der Waals surface area (Å²) in [5, 5.41) is 5.01. The van der Waals surface area contributed by atoms with E-state index in [0.717, 1.165) is 44.1 Å². The Hall–Kier alpha value is -4.73. The van der Waals surface area contributed by atoms with Gasteiger partial charge in [0.1, 0.15) is 24.1 Å². The van der Waals surface area contributed by atoms with Crippen LogP contribution in [-0.2, 0) is 11.4 Å². The number of carbonyl (C=O) groups excluding carboxylic acids is 1. The molecule has 1 aliphatic rings. The van der Waals surface area contributed by atoms with E-state index < -0.39 is 6.04 Å². The Bertz CT molecular complexity index is 2120. The van der Waals surface area contributed by atoms with E-state index in [1.807, 2.05) is 99.0 Å². The molecule has 45 heavy (non-hydrogen) atoms. The molecule has 9 heteroatoms. The van der Waals surface area contributed by atoms with Crippen molar-refractivity contribution in [1.29, 1.82) is 0 Å². The maximum Gasteiger partial charge on any atom is 0.271 e. The average molecular weight is 636 g/mol. The number of anilines is 1. The fourth-order valence-corrected chi connectivity index (χ4v) is 7.29. The predicted molar refractivity (Wildman–Crippen MR) is 181 cm³/mol. The number of amides is 1. The van der Waals surface area contributed by atoms with E-state index in [0.29, 0.717) is 33.0 Å². The summed E-state index contributed by atoms with van der Waals surface area (Å²) in [7, 11) is 1.63. The Labute approximate surface area is 269 Å². The van der Waals surface area contributed by atoms with Crippen LogP contribution in [0.1, 0.15) is 45.7 Å². The topological polar surface area (TPSA) is 81.9 Å². The number of allylic oxidation sites excluding steroid dienone is 1. The summed E-state index contributed by atoms with van der Waals surface area (Å²) < 4.78 is 14.0. The molecule has 0 radical (unpaired) electrons. The van der Waals surface area contributed by atoms with Gasteiger partial charge in [-0.25, -0.2) is 4.99 Å². The summed E-state index contributed by atoms with van der Waals surface area (Å²) in [6.07, 6.45) is 1.86. The van der Waals surface area contributed by atoms with Gasteiger partial charge in [-0.15, -0.1) is 11.3 Å². The van der Waals surface area contributed by atoms with Crippen molar-refractivity contribution < 1.29 is 14.3 Å². The first-order chi connectivity index (χ1) is 21.7. The fraction of sp³-hybridized carbons (Fsp3) is 0.194. The number of aromatic nitrogens is 1. The number of methoxy groups -OCH3 is 1. The lowest BCUT2D eigenvalue weighted by atomic mass is 10.0. The van der Waals surface area contributed by atoms with Crippen molar-refractivity contribution in [2.24, 2.45) is 4.99 Å². The number of hydrogen-bond acceptors (Lipinski definition) is 7. The molecular weight excluding hydrogens is 603 g/mol. The van der Waals surface area contributed by atoms with Gasteiger partial charge in [-0.1, -0.05) is 53.8 Å². The Morgan fingerprint density at radius 2 is 1.78 bits per heavy atom. The van der Waals surface area contributed by atoms with E-state index in [9.17, 15) is 9.59 Å². The van der Waals surface area contributed by atoms with E-state index in [1.54, 1.807) is 11.7 Å². The highest BCUT2D eigenvalue weighted by molar-refractivity contribution is 7.10. The van der Waals surface area contributed by atoms with Crippen LogP contribution in [0.4, 0.5) is 5.69 Å². The molecule has 6 rings (SSSR count). The first kappa shape index (κ1) is 30.3. The Morgan fingerprint density at radius 1 is 0.978 bits per heavy atom. The van der Waals surface area contributed by atoms with Crippen LogP contribution < -0.4 is 29.7 Å². The Balaban J connectivity index is 1.38. The van der Waals surface area contributed by atoms with Crippen molar-refractivity contribution in [3.8, 4) is 11.5 Å². The van der Waals surface area contributed by atoms with E-state index in [-0.39, 0.29) is 11.5 Å². The van der Waals surface area contributed by atoms with E-state index >= 15 is 0 Å². The van der Waals surface area contributed by atoms with Gasteiger partial charge in [0.25, 0.3) is 11.5 Å². The fourth-order valence-electron chi connectivity index (χ4n) is 5.42. The van der Waals surface area contributed by atoms with Gasteiger partial charge >= 0.3 is 0 Å². The van der Waals surface area contributed by atoms with Crippen LogP contribution in [0.3, 0.4) is 0 Å². The number of para-hydroxylation sites is 1. The molecule has 0 fully saturated rings. The largest absolute Gasteiger partial charge is 0.496 e. The number of benzene rings is 3. The van der Waals surface area contributed by atoms with Crippen molar-refractivity contribution in [2.45, 2.75) is 40.3 Å². The third-order valence-corrected chi connectivity index (χ3v) is 9.92. The van der Waals surface area contributed by atoms with E-state index in [4.69, 9.17) is 14.5 Å². The van der Waals surface area contributed by atoms with Crippen LogP contribution in [0, 0.1) is 20.8 Å². The maximum atomic E-state index is 14.1. The number of nitrogens with one attached hydrogen (secondary N) is 1. The molecule has 0 bridgehead atoms. The zero-order chi connectivity index (χ0) is 31.7. The lowest BCUT2D eigenvalue weighted by Gasteiger charge is -2.24. The highest BCUT2D eigenvalue weighted by atomic mass is 32.1. The number of nitrogens with zero attached hydrogens (tertiary/aromatic N) is 2. The summed E-state index contributed by atoms with van der Waals surface area (Å²) >= 11 is 2.83. The molecule has 0 saturated carbocycles. The minimum absolute atomic E-state index is 0.199. The van der Waals surface area contributed by atoms with Gasteiger partial charge in [-0.3, -0.25) is 14.2 Å². The molecule has 1 aliphatic heterocycles. The maximum absolute atomic E-state index is 14.1. The lowest BCUT2D eigenvalue weighted by Crippen LogP contribution is -2.40. The van der Waals surface area contributed by atoms with Gasteiger partial charge in [0.2, 0.25) is 0 Å². The van der Waals surface area contributed by atoms with Crippen LogP contribution in [0.25, 0.3) is 6.08 Å². The minimum Gasteiger partial charge on any atom is -0.496 e. The Kier molecular flexibility index (Phi) is 8.56. The highest BCUT2D eigenvalue weighted by Gasteiger charge is 2.33. The van der Waals surface area contributed by atoms with Crippen molar-refractivity contribution in [2.75, 3.05) is 12.4 Å². The molecule has 3 heterocycles. The van der Waals surface area contributed by atoms with Gasteiger partial charge in [-0.2, -0.15) is 0 Å². The average Bonchev–Trinajstić information content (AvgIpc) is 3.67. The van der Waals surface area contributed by atoms with Gasteiger partial charge in [-0.05, 0) is 91.7 Å². The van der Waals surface area contributed by atoms with Gasteiger partial charge in [0.05, 0.1) is 22.9 Å². The van der Waals surface area contributed by atoms with Gasteiger partial charge in [0.15, 0.2) is 4.80 Å². The second-order valence-electron chi connectivity index (χ2n) is 10.9. The normalized spacial score (nSPS) is 14.6. The van der Waals surface area contributed by atoms with Crippen LogP contribution in [0.15, 0.2) is 99.2 Å². The number of carbonyl (C=O) groups is 1. The summed E-state index contributed by atoms with van der Waals surface area (Å²) in [5.74, 6) is 1.25. The second-order valence-corrected chi connectivity index (χ2v) is 12.9. The summed E-state index contributed by atoms with van der Waals surface area (Å²) in [6, 6.07) is 22.7. The number of rotatable bonds is 8. The molecule has 0 spiro atoms. The SMILES string of the molecule is COc1ccc(/C=c2/sc3n(c2=O)C(c2cccs2)C(C(=O)Nc2ccccc2C)=C(C)N=3)cc1COc1cccc(C)c1C. The third kappa shape index (κ3) is 6.01. The predicted octanol–water partition coefficient (Wildman–Crippen LogP) is 6.45. The molecule has 3 aromatic carbocycles. The van der Waals surface area contributed by atoms with Crippen LogP contribution >= 0.6 is 22.7 Å². The molecule has 1 N–H and O–H groups in total. The Morgan fingerprint density at radius 3 is 2.53 bits per heavy atom. The molecule has 1 amide bonds. The van der Waals surface area contributed by atoms with Crippen LogP contribution in [0.5, 0.6) is 11.5 Å². The van der Waals surface area contributed by atoms with Crippen LogP contribution in [-0.4, -0.2) is 17.6 Å². The quantitative estimate of drug-likeness (QED) is 0.213.